The number of para-hydroxylation sites is 1. The van der Waals surface area contributed by atoms with Crippen LogP contribution in [-0.4, -0.2) is 34.3 Å². The van der Waals surface area contributed by atoms with Gasteiger partial charge in [0.05, 0.1) is 34.1 Å². The molecule has 36 heavy (non-hydrogen) atoms. The molecule has 8 nitrogen and oxygen atoms in total. The fourth-order valence-electron chi connectivity index (χ4n) is 4.11. The second-order valence-electron chi connectivity index (χ2n) is 8.40. The number of benzene rings is 2. The Kier molecular flexibility index (Phi) is 7.21. The maximum Gasteiger partial charge on any atom is 0.338 e. The number of allylic oxidation sites excluding steroid dienone is 1. The van der Waals surface area contributed by atoms with E-state index in [9.17, 15) is 19.5 Å². The van der Waals surface area contributed by atoms with Crippen LogP contribution in [0.15, 0.2) is 69.6 Å². The van der Waals surface area contributed by atoms with Crippen LogP contribution in [0.4, 0.5) is 0 Å². The maximum atomic E-state index is 13.8. The summed E-state index contributed by atoms with van der Waals surface area (Å²) in [7, 11) is 0. The van der Waals surface area contributed by atoms with Gasteiger partial charge in [-0.3, -0.25) is 9.36 Å². The molecule has 0 aliphatic carbocycles. The first-order valence-electron chi connectivity index (χ1n) is 11.5. The van der Waals surface area contributed by atoms with Crippen LogP contribution in [0.25, 0.3) is 6.08 Å². The van der Waals surface area contributed by atoms with Gasteiger partial charge in [-0.05, 0) is 51.5 Å². The van der Waals surface area contributed by atoms with Gasteiger partial charge in [0, 0.05) is 5.56 Å². The van der Waals surface area contributed by atoms with Crippen LogP contribution in [-0.2, 0) is 9.53 Å². The van der Waals surface area contributed by atoms with Crippen LogP contribution < -0.4 is 19.6 Å². The number of carbonyl (C=O) groups excluding carboxylic acids is 1. The first kappa shape index (κ1) is 25.1. The van der Waals surface area contributed by atoms with Gasteiger partial charge >= 0.3 is 11.9 Å². The number of carboxylic acids is 1. The van der Waals surface area contributed by atoms with Crippen molar-refractivity contribution in [2.75, 3.05) is 6.61 Å². The Bertz CT molecular complexity index is 1550. The number of esters is 1. The number of hydrogen-bond acceptors (Lipinski definition) is 7. The summed E-state index contributed by atoms with van der Waals surface area (Å²) < 4.78 is 13.1. The molecular formula is C27H26N2O6S. The van der Waals surface area contributed by atoms with Crippen molar-refractivity contribution < 1.29 is 24.2 Å². The monoisotopic (exact) mass is 506 g/mol. The van der Waals surface area contributed by atoms with E-state index in [1.165, 1.54) is 10.6 Å². The molecule has 4 rings (SSSR count). The number of ether oxygens (including phenoxy) is 2. The minimum atomic E-state index is -1.09. The topological polar surface area (TPSA) is 107 Å². The van der Waals surface area contributed by atoms with E-state index in [-0.39, 0.29) is 23.8 Å². The standard InChI is InChI=1S/C27H26N2O6S/c1-5-34-26(33)22-16(4)28-27-29(23(22)19-12-8-9-13-20(19)35-15(2)3)24(30)21(36-27)14-17-10-6-7-11-18(17)25(31)32/h6-15,23H,5H2,1-4H3,(H,31,32)/b21-14-. The van der Waals surface area contributed by atoms with E-state index in [0.29, 0.717) is 31.9 Å². The molecule has 186 valence electrons. The number of rotatable bonds is 7. The van der Waals surface area contributed by atoms with Gasteiger partial charge in [0.15, 0.2) is 4.80 Å². The molecule has 1 atom stereocenters. The smallest absolute Gasteiger partial charge is 0.338 e. The third-order valence-electron chi connectivity index (χ3n) is 5.57. The number of hydrogen-bond donors (Lipinski definition) is 1. The average Bonchev–Trinajstić information content (AvgIpc) is 3.13. The second-order valence-corrected chi connectivity index (χ2v) is 9.41. The van der Waals surface area contributed by atoms with Gasteiger partial charge in [-0.1, -0.05) is 47.7 Å². The zero-order chi connectivity index (χ0) is 26.0. The van der Waals surface area contributed by atoms with Crippen molar-refractivity contribution in [1.82, 2.24) is 4.57 Å². The highest BCUT2D eigenvalue weighted by atomic mass is 32.1. The molecule has 2 aromatic carbocycles. The van der Waals surface area contributed by atoms with Crippen molar-refractivity contribution in [2.24, 2.45) is 4.99 Å². The molecule has 1 N–H and O–H groups in total. The molecule has 0 saturated heterocycles. The summed E-state index contributed by atoms with van der Waals surface area (Å²) in [5.74, 6) is -1.11. The quantitative estimate of drug-likeness (QED) is 0.493. The number of aromatic nitrogens is 1. The zero-order valence-electron chi connectivity index (χ0n) is 20.3. The summed E-state index contributed by atoms with van der Waals surface area (Å²) in [6.07, 6.45) is 1.41. The molecule has 0 amide bonds. The van der Waals surface area contributed by atoms with Gasteiger partial charge in [0.25, 0.3) is 5.56 Å². The number of carbonyl (C=O) groups is 2. The minimum absolute atomic E-state index is 0.0824. The largest absolute Gasteiger partial charge is 0.491 e. The van der Waals surface area contributed by atoms with Crippen molar-refractivity contribution in [2.45, 2.75) is 39.8 Å². The summed E-state index contributed by atoms with van der Waals surface area (Å²) in [5, 5.41) is 9.56. The first-order valence-corrected chi connectivity index (χ1v) is 12.3. The lowest BCUT2D eigenvalue weighted by Gasteiger charge is -2.26. The predicted molar refractivity (Wildman–Crippen MR) is 136 cm³/mol. The van der Waals surface area contributed by atoms with E-state index in [4.69, 9.17) is 9.47 Å². The zero-order valence-corrected chi connectivity index (χ0v) is 21.2. The number of carboxylic acid groups (broad SMARTS) is 1. The van der Waals surface area contributed by atoms with Gasteiger partial charge in [-0.25, -0.2) is 14.6 Å². The lowest BCUT2D eigenvalue weighted by Crippen LogP contribution is -2.40. The lowest BCUT2D eigenvalue weighted by atomic mass is 9.95. The lowest BCUT2D eigenvalue weighted by molar-refractivity contribution is -0.139. The Balaban J connectivity index is 2.00. The minimum Gasteiger partial charge on any atom is -0.491 e. The second kappa shape index (κ2) is 10.3. The average molecular weight is 507 g/mol. The van der Waals surface area contributed by atoms with E-state index in [1.807, 2.05) is 32.0 Å². The SMILES string of the molecule is CCOC(=O)C1=C(C)N=c2s/c(=C\c3ccccc3C(=O)O)c(=O)n2C1c1ccccc1OC(C)C. The van der Waals surface area contributed by atoms with E-state index < -0.39 is 23.5 Å². The van der Waals surface area contributed by atoms with Crippen molar-refractivity contribution >= 4 is 29.4 Å². The molecule has 1 unspecified atom stereocenters. The van der Waals surface area contributed by atoms with E-state index >= 15 is 0 Å². The molecule has 9 heteroatoms. The summed E-state index contributed by atoms with van der Waals surface area (Å²) in [5.41, 5.74) is 1.41. The molecule has 0 radical (unpaired) electrons. The molecule has 1 aliphatic rings. The van der Waals surface area contributed by atoms with Gasteiger partial charge in [0.2, 0.25) is 0 Å². The van der Waals surface area contributed by atoms with Crippen molar-refractivity contribution in [3.05, 3.63) is 96.2 Å². The molecule has 0 spiro atoms. The van der Waals surface area contributed by atoms with Crippen LogP contribution in [0.3, 0.4) is 0 Å². The Hall–Kier alpha value is -3.98. The fraction of sp³-hybridized carbons (Fsp3) is 0.259. The van der Waals surface area contributed by atoms with E-state index in [2.05, 4.69) is 4.99 Å². The number of thiazole rings is 1. The third kappa shape index (κ3) is 4.74. The van der Waals surface area contributed by atoms with Crippen LogP contribution in [0.5, 0.6) is 5.75 Å². The normalized spacial score (nSPS) is 15.5. The fourth-order valence-corrected chi connectivity index (χ4v) is 5.15. The van der Waals surface area contributed by atoms with Crippen LogP contribution in [0.2, 0.25) is 0 Å². The van der Waals surface area contributed by atoms with Gasteiger partial charge in [0.1, 0.15) is 11.8 Å². The predicted octanol–water partition coefficient (Wildman–Crippen LogP) is 3.28. The molecule has 0 fully saturated rings. The number of nitrogens with zero attached hydrogens (tertiary/aromatic N) is 2. The van der Waals surface area contributed by atoms with E-state index in [0.717, 1.165) is 11.3 Å². The first-order chi connectivity index (χ1) is 17.2. The van der Waals surface area contributed by atoms with Gasteiger partial charge in [-0.2, -0.15) is 0 Å². The maximum absolute atomic E-state index is 13.8. The Morgan fingerprint density at radius 3 is 2.56 bits per heavy atom. The Morgan fingerprint density at radius 2 is 1.86 bits per heavy atom. The van der Waals surface area contributed by atoms with Crippen molar-refractivity contribution in [1.29, 1.82) is 0 Å². The number of aromatic carboxylic acids is 1. The van der Waals surface area contributed by atoms with Crippen LogP contribution in [0.1, 0.15) is 55.2 Å². The summed E-state index contributed by atoms with van der Waals surface area (Å²) >= 11 is 1.13. The molecule has 0 bridgehead atoms. The highest BCUT2D eigenvalue weighted by Gasteiger charge is 2.35. The summed E-state index contributed by atoms with van der Waals surface area (Å²) in [6, 6.07) is 12.9. The third-order valence-corrected chi connectivity index (χ3v) is 6.55. The van der Waals surface area contributed by atoms with E-state index in [1.54, 1.807) is 44.2 Å². The molecule has 1 aliphatic heterocycles. The summed E-state index contributed by atoms with van der Waals surface area (Å²) in [6.45, 7) is 7.39. The van der Waals surface area contributed by atoms with Crippen LogP contribution >= 0.6 is 11.3 Å². The Morgan fingerprint density at radius 1 is 1.17 bits per heavy atom. The Labute approximate surface area is 211 Å². The molecule has 3 aromatic rings. The van der Waals surface area contributed by atoms with Crippen LogP contribution in [0, 0.1) is 0 Å². The summed E-state index contributed by atoms with van der Waals surface area (Å²) in [4.78, 5) is 43.5. The van der Waals surface area contributed by atoms with Crippen molar-refractivity contribution in [3.8, 4) is 5.75 Å². The van der Waals surface area contributed by atoms with Crippen molar-refractivity contribution in [3.63, 3.8) is 0 Å². The number of fused-ring (bicyclic) bond motifs is 1. The van der Waals surface area contributed by atoms with Gasteiger partial charge < -0.3 is 14.6 Å². The highest BCUT2D eigenvalue weighted by molar-refractivity contribution is 7.07. The highest BCUT2D eigenvalue weighted by Crippen LogP contribution is 2.36. The molecular weight excluding hydrogens is 480 g/mol. The van der Waals surface area contributed by atoms with Gasteiger partial charge in [-0.15, -0.1) is 0 Å². The molecule has 0 saturated carbocycles. The molecule has 1 aromatic heterocycles. The molecule has 2 heterocycles.